The number of halogens is 5. The van der Waals surface area contributed by atoms with Crippen LogP contribution in [0.4, 0.5) is 13.2 Å². The van der Waals surface area contributed by atoms with E-state index in [1.54, 1.807) is 24.3 Å². The maximum absolute atomic E-state index is 12.7. The minimum Gasteiger partial charge on any atom is -0.456 e. The Morgan fingerprint density at radius 3 is 2.38 bits per heavy atom. The van der Waals surface area contributed by atoms with E-state index in [4.69, 9.17) is 27.9 Å². The van der Waals surface area contributed by atoms with Gasteiger partial charge in [0.05, 0.1) is 22.4 Å². The van der Waals surface area contributed by atoms with E-state index in [9.17, 15) is 18.0 Å². The van der Waals surface area contributed by atoms with Gasteiger partial charge >= 0.3 is 6.18 Å². The summed E-state index contributed by atoms with van der Waals surface area (Å²) in [5, 5.41) is 7.48. The minimum absolute atomic E-state index is 0.164. The monoisotopic (exact) mass is 507 g/mol. The number of hydrogen-bond acceptors (Lipinski definition) is 5. The predicted molar refractivity (Wildman–Crippen MR) is 118 cm³/mol. The summed E-state index contributed by atoms with van der Waals surface area (Å²) in [6.45, 7) is 0.202. The lowest BCUT2D eigenvalue weighted by Crippen LogP contribution is -2.25. The molecule has 0 aliphatic rings. The molecule has 1 amide bonds. The summed E-state index contributed by atoms with van der Waals surface area (Å²) in [5.41, 5.74) is -0.00663. The zero-order chi connectivity index (χ0) is 24.3. The number of alkyl halides is 3. The lowest BCUT2D eigenvalue weighted by atomic mass is 10.2. The first kappa shape index (κ1) is 23.5. The van der Waals surface area contributed by atoms with E-state index < -0.39 is 17.8 Å². The van der Waals surface area contributed by atoms with Crippen LogP contribution in [0.2, 0.25) is 10.0 Å². The molecule has 1 aromatic carbocycles. The van der Waals surface area contributed by atoms with Gasteiger partial charge in [-0.3, -0.25) is 4.79 Å². The molecule has 1 N–H and O–H groups in total. The molecule has 0 saturated carbocycles. The van der Waals surface area contributed by atoms with Crippen LogP contribution in [0.1, 0.15) is 21.7 Å². The minimum atomic E-state index is -4.51. The molecule has 4 rings (SSSR count). The van der Waals surface area contributed by atoms with Gasteiger partial charge in [0.15, 0.2) is 5.82 Å². The molecular formula is C22H14Cl2F3N5O2. The van der Waals surface area contributed by atoms with Crippen molar-refractivity contribution in [3.63, 3.8) is 0 Å². The van der Waals surface area contributed by atoms with E-state index in [-0.39, 0.29) is 28.8 Å². The van der Waals surface area contributed by atoms with E-state index in [1.165, 1.54) is 35.3 Å². The van der Waals surface area contributed by atoms with Gasteiger partial charge in [0.2, 0.25) is 0 Å². The highest BCUT2D eigenvalue weighted by atomic mass is 35.5. The normalized spacial score (nSPS) is 11.3. The van der Waals surface area contributed by atoms with Crippen LogP contribution in [0.15, 0.2) is 67.1 Å². The van der Waals surface area contributed by atoms with Crippen LogP contribution >= 0.6 is 23.2 Å². The molecule has 3 aromatic heterocycles. The van der Waals surface area contributed by atoms with Crippen molar-refractivity contribution in [1.29, 1.82) is 0 Å². The molecule has 0 radical (unpaired) electrons. The Kier molecular flexibility index (Phi) is 6.71. The summed E-state index contributed by atoms with van der Waals surface area (Å²) < 4.78 is 44.6. The fourth-order valence-electron chi connectivity index (χ4n) is 2.90. The Balaban J connectivity index is 1.38. The van der Waals surface area contributed by atoms with Crippen molar-refractivity contribution in [1.82, 2.24) is 25.1 Å². The number of nitrogens with zero attached hydrogens (tertiary/aromatic N) is 4. The first-order chi connectivity index (χ1) is 16.2. The molecule has 7 nitrogen and oxygen atoms in total. The quantitative estimate of drug-likeness (QED) is 0.361. The molecule has 4 aromatic rings. The van der Waals surface area contributed by atoms with Crippen LogP contribution in [0.25, 0.3) is 5.82 Å². The van der Waals surface area contributed by atoms with Crippen LogP contribution in [-0.4, -0.2) is 25.7 Å². The molecule has 3 heterocycles. The third kappa shape index (κ3) is 5.46. The number of hydrogen-bond donors (Lipinski definition) is 1. The molecule has 0 aliphatic carbocycles. The smallest absolute Gasteiger partial charge is 0.433 e. The standard InChI is InChI=1S/C22H14Cl2F3N5O2/c23-14-9-17(24)20(29-11-14)32-18(7-8-31-32)21(33)30-10-13-1-3-15(4-2-13)34-16-5-6-19(28-12-16)22(25,26)27/h1-9,11-12H,10H2,(H,30,33). The molecule has 0 bridgehead atoms. The van der Waals surface area contributed by atoms with Gasteiger partial charge in [-0.2, -0.15) is 18.3 Å². The van der Waals surface area contributed by atoms with E-state index in [0.29, 0.717) is 10.8 Å². The largest absolute Gasteiger partial charge is 0.456 e. The van der Waals surface area contributed by atoms with Gasteiger partial charge in [0.25, 0.3) is 5.91 Å². The zero-order valence-corrected chi connectivity index (χ0v) is 18.6. The first-order valence-electron chi connectivity index (χ1n) is 9.64. The van der Waals surface area contributed by atoms with Crippen molar-refractivity contribution in [3.05, 3.63) is 94.1 Å². The Morgan fingerprint density at radius 2 is 1.74 bits per heavy atom. The summed E-state index contributed by atoms with van der Waals surface area (Å²) >= 11 is 12.0. The maximum atomic E-state index is 12.7. The fraction of sp³-hybridized carbons (Fsp3) is 0.0909. The second-order valence-electron chi connectivity index (χ2n) is 6.89. The van der Waals surface area contributed by atoms with Gasteiger partial charge in [0, 0.05) is 12.7 Å². The first-order valence-corrected chi connectivity index (χ1v) is 10.4. The van der Waals surface area contributed by atoms with Crippen molar-refractivity contribution >= 4 is 29.1 Å². The summed E-state index contributed by atoms with van der Waals surface area (Å²) in [7, 11) is 0. The van der Waals surface area contributed by atoms with Crippen molar-refractivity contribution in [2.45, 2.75) is 12.7 Å². The molecule has 12 heteroatoms. The average Bonchev–Trinajstić information content (AvgIpc) is 3.28. The third-order valence-corrected chi connectivity index (χ3v) is 4.99. The lowest BCUT2D eigenvalue weighted by Gasteiger charge is -2.10. The number of carbonyl (C=O) groups excluding carboxylic acids is 1. The number of benzene rings is 1. The number of carbonyl (C=O) groups is 1. The fourth-order valence-corrected chi connectivity index (χ4v) is 3.36. The number of nitrogens with one attached hydrogen (secondary N) is 1. The highest BCUT2D eigenvalue weighted by Crippen LogP contribution is 2.29. The van der Waals surface area contributed by atoms with Gasteiger partial charge in [-0.15, -0.1) is 0 Å². The lowest BCUT2D eigenvalue weighted by molar-refractivity contribution is -0.141. The van der Waals surface area contributed by atoms with Crippen LogP contribution in [0, 0.1) is 0 Å². The highest BCUT2D eigenvalue weighted by molar-refractivity contribution is 6.35. The number of pyridine rings is 2. The van der Waals surface area contributed by atoms with Crippen LogP contribution in [0.3, 0.4) is 0 Å². The van der Waals surface area contributed by atoms with E-state index >= 15 is 0 Å². The molecule has 0 atom stereocenters. The van der Waals surface area contributed by atoms with E-state index in [2.05, 4.69) is 20.4 Å². The summed E-state index contributed by atoms with van der Waals surface area (Å²) in [6.07, 6.45) is -0.665. The van der Waals surface area contributed by atoms with Crippen molar-refractivity contribution in [3.8, 4) is 17.3 Å². The highest BCUT2D eigenvalue weighted by Gasteiger charge is 2.32. The molecular weight excluding hydrogens is 494 g/mol. The van der Waals surface area contributed by atoms with Crippen molar-refractivity contribution < 1.29 is 22.7 Å². The summed E-state index contributed by atoms with van der Waals surface area (Å²) in [5.74, 6) is 0.428. The second-order valence-corrected chi connectivity index (χ2v) is 7.74. The Labute approximate surface area is 201 Å². The molecule has 0 aliphatic heterocycles. The van der Waals surface area contributed by atoms with Gasteiger partial charge in [-0.25, -0.2) is 14.6 Å². The maximum Gasteiger partial charge on any atom is 0.433 e. The second kappa shape index (κ2) is 9.70. The van der Waals surface area contributed by atoms with E-state index in [1.807, 2.05) is 0 Å². The number of aromatic nitrogens is 4. The SMILES string of the molecule is O=C(NCc1ccc(Oc2ccc(C(F)(F)F)nc2)cc1)c1ccnn1-c1ncc(Cl)cc1Cl. The molecule has 0 unspecified atom stereocenters. The third-order valence-electron chi connectivity index (χ3n) is 4.50. The van der Waals surface area contributed by atoms with Crippen molar-refractivity contribution in [2.24, 2.45) is 0 Å². The number of ether oxygens (including phenoxy) is 1. The summed E-state index contributed by atoms with van der Waals surface area (Å²) in [4.78, 5) is 20.2. The Bertz CT molecular complexity index is 1310. The molecule has 34 heavy (non-hydrogen) atoms. The van der Waals surface area contributed by atoms with Gasteiger partial charge < -0.3 is 10.1 Å². The van der Waals surface area contributed by atoms with Gasteiger partial charge in [-0.05, 0) is 42.0 Å². The number of rotatable bonds is 6. The Hall–Kier alpha value is -3.63. The summed E-state index contributed by atoms with van der Waals surface area (Å²) in [6, 6.07) is 11.7. The van der Waals surface area contributed by atoms with Gasteiger partial charge in [0.1, 0.15) is 22.9 Å². The van der Waals surface area contributed by atoms with Gasteiger partial charge in [-0.1, -0.05) is 35.3 Å². The van der Waals surface area contributed by atoms with Crippen LogP contribution < -0.4 is 10.1 Å². The topological polar surface area (TPSA) is 81.9 Å². The van der Waals surface area contributed by atoms with Crippen molar-refractivity contribution in [2.75, 3.05) is 0 Å². The molecule has 174 valence electrons. The van der Waals surface area contributed by atoms with Crippen LogP contribution in [0.5, 0.6) is 11.5 Å². The predicted octanol–water partition coefficient (Wildman–Crippen LogP) is 5.71. The average molecular weight is 508 g/mol. The zero-order valence-electron chi connectivity index (χ0n) is 17.1. The molecule has 0 saturated heterocycles. The Morgan fingerprint density at radius 1 is 1.00 bits per heavy atom. The van der Waals surface area contributed by atoms with Crippen LogP contribution in [-0.2, 0) is 12.7 Å². The van der Waals surface area contributed by atoms with E-state index in [0.717, 1.165) is 17.8 Å². The molecule has 0 spiro atoms. The number of amides is 1. The molecule has 0 fully saturated rings.